The summed E-state index contributed by atoms with van der Waals surface area (Å²) in [4.78, 5) is 22.3. The molecule has 170 valence electrons. The number of amides is 1. The van der Waals surface area contributed by atoms with Gasteiger partial charge in [-0.15, -0.1) is 0 Å². The van der Waals surface area contributed by atoms with E-state index < -0.39 is 6.35 Å². The van der Waals surface area contributed by atoms with Crippen LogP contribution in [0.5, 0.6) is 11.5 Å². The zero-order chi connectivity index (χ0) is 23.4. The lowest BCUT2D eigenvalue weighted by atomic mass is 10.2. The van der Waals surface area contributed by atoms with Crippen LogP contribution in [0.1, 0.15) is 5.56 Å². The Morgan fingerprint density at radius 3 is 2.58 bits per heavy atom. The Labute approximate surface area is 190 Å². The first-order chi connectivity index (χ1) is 16.0. The molecule has 0 saturated heterocycles. The number of methoxy groups -OCH3 is 2. The van der Waals surface area contributed by atoms with E-state index >= 15 is 0 Å². The summed E-state index contributed by atoms with van der Waals surface area (Å²) in [5.41, 5.74) is 2.69. The number of aromatic nitrogens is 2. The fraction of sp³-hybridized carbons (Fsp3) is 0.174. The summed E-state index contributed by atoms with van der Waals surface area (Å²) >= 11 is 0. The van der Waals surface area contributed by atoms with E-state index in [0.717, 1.165) is 5.56 Å². The number of aliphatic hydroxyl groups is 1. The highest BCUT2D eigenvalue weighted by Gasteiger charge is 2.26. The number of fused-ring (bicyclic) bond motifs is 1. The van der Waals surface area contributed by atoms with Crippen LogP contribution in [0.15, 0.2) is 61.3 Å². The van der Waals surface area contributed by atoms with E-state index in [0.29, 0.717) is 46.9 Å². The van der Waals surface area contributed by atoms with E-state index in [2.05, 4.69) is 32.5 Å². The predicted molar refractivity (Wildman–Crippen MR) is 126 cm³/mol. The van der Waals surface area contributed by atoms with Gasteiger partial charge in [0, 0.05) is 35.6 Å². The number of ether oxygens (including phenoxy) is 2. The summed E-state index contributed by atoms with van der Waals surface area (Å²) in [5.74, 6) is 1.71. The first kappa shape index (κ1) is 21.9. The molecular formula is C23H24N6O4. The van der Waals surface area contributed by atoms with Crippen LogP contribution in [0.2, 0.25) is 0 Å². The molecule has 4 rings (SSSR count). The largest absolute Gasteiger partial charge is 0.497 e. The van der Waals surface area contributed by atoms with E-state index in [4.69, 9.17) is 9.47 Å². The second kappa shape index (κ2) is 9.45. The molecule has 1 aromatic heterocycles. The standard InChI is InChI=1S/C23H24N6O4/c1-4-20(30)25-18-7-5-6-8-19(18)26-22-24-12-14-13-29(23(31)28-21(14)27-22)15-9-16(32-2)11-17(10-15)33-3/h4-12,23,31H,1,13H2,2-3H3,(H,25,30)(H2,24,26,27,28). The van der Waals surface area contributed by atoms with Crippen LogP contribution >= 0.6 is 0 Å². The van der Waals surface area contributed by atoms with E-state index in [1.807, 2.05) is 18.2 Å². The van der Waals surface area contributed by atoms with E-state index in [1.54, 1.807) is 49.6 Å². The summed E-state index contributed by atoms with van der Waals surface area (Å²) in [5, 5.41) is 19.6. The van der Waals surface area contributed by atoms with Crippen molar-refractivity contribution >= 4 is 34.7 Å². The van der Waals surface area contributed by atoms with Gasteiger partial charge in [-0.1, -0.05) is 18.7 Å². The number of hydrogen-bond acceptors (Lipinski definition) is 9. The lowest BCUT2D eigenvalue weighted by Crippen LogP contribution is -2.44. The third-order valence-electron chi connectivity index (χ3n) is 5.05. The monoisotopic (exact) mass is 448 g/mol. The Morgan fingerprint density at radius 2 is 1.91 bits per heavy atom. The molecule has 10 nitrogen and oxygen atoms in total. The number of anilines is 5. The minimum absolute atomic E-state index is 0.310. The molecule has 0 fully saturated rings. The van der Waals surface area contributed by atoms with Crippen LogP contribution < -0.4 is 30.3 Å². The Kier molecular flexibility index (Phi) is 6.27. The van der Waals surface area contributed by atoms with Crippen LogP contribution in [-0.2, 0) is 11.3 Å². The zero-order valence-corrected chi connectivity index (χ0v) is 18.2. The Morgan fingerprint density at radius 1 is 1.21 bits per heavy atom. The molecule has 33 heavy (non-hydrogen) atoms. The molecule has 1 aliphatic rings. The molecule has 0 radical (unpaired) electrons. The van der Waals surface area contributed by atoms with Gasteiger partial charge >= 0.3 is 0 Å². The van der Waals surface area contributed by atoms with Gasteiger partial charge < -0.3 is 35.4 Å². The number of carbonyl (C=O) groups is 1. The van der Waals surface area contributed by atoms with Gasteiger partial charge in [0.2, 0.25) is 18.2 Å². The average molecular weight is 448 g/mol. The molecule has 0 saturated carbocycles. The zero-order valence-electron chi connectivity index (χ0n) is 18.2. The van der Waals surface area contributed by atoms with Crippen molar-refractivity contribution in [3.63, 3.8) is 0 Å². The normalized spacial score (nSPS) is 14.5. The van der Waals surface area contributed by atoms with Gasteiger partial charge in [0.1, 0.15) is 17.3 Å². The molecule has 1 aliphatic heterocycles. The summed E-state index contributed by atoms with van der Waals surface area (Å²) in [7, 11) is 3.14. The highest BCUT2D eigenvalue weighted by molar-refractivity contribution is 6.01. The summed E-state index contributed by atoms with van der Waals surface area (Å²) in [6, 6.07) is 12.6. The van der Waals surface area contributed by atoms with Gasteiger partial charge in [0.15, 0.2) is 0 Å². The van der Waals surface area contributed by atoms with Crippen LogP contribution in [0.3, 0.4) is 0 Å². The molecule has 1 amide bonds. The van der Waals surface area contributed by atoms with Crippen molar-refractivity contribution in [3.05, 3.63) is 66.9 Å². The van der Waals surface area contributed by atoms with Crippen molar-refractivity contribution in [2.24, 2.45) is 0 Å². The number of nitrogens with zero attached hydrogens (tertiary/aromatic N) is 3. The van der Waals surface area contributed by atoms with Gasteiger partial charge in [-0.05, 0) is 18.2 Å². The van der Waals surface area contributed by atoms with Crippen LogP contribution in [0.4, 0.5) is 28.8 Å². The lowest BCUT2D eigenvalue weighted by Gasteiger charge is -2.35. The van der Waals surface area contributed by atoms with Crippen molar-refractivity contribution < 1.29 is 19.4 Å². The number of hydrogen-bond donors (Lipinski definition) is 4. The SMILES string of the molecule is C=CC(=O)Nc1ccccc1Nc1ncc2c(n1)NC(O)N(c1cc(OC)cc(OC)c1)C2. The number of aliphatic hydroxyl groups excluding tert-OH is 1. The first-order valence-corrected chi connectivity index (χ1v) is 10.1. The summed E-state index contributed by atoms with van der Waals surface area (Å²) < 4.78 is 10.7. The molecule has 1 atom stereocenters. The number of rotatable bonds is 7. The van der Waals surface area contributed by atoms with Crippen molar-refractivity contribution in [1.82, 2.24) is 9.97 Å². The molecular weight excluding hydrogens is 424 g/mol. The number of para-hydroxylation sites is 2. The van der Waals surface area contributed by atoms with Crippen molar-refractivity contribution in [2.45, 2.75) is 12.9 Å². The molecule has 0 bridgehead atoms. The quantitative estimate of drug-likeness (QED) is 0.404. The highest BCUT2D eigenvalue weighted by Crippen LogP contribution is 2.34. The number of benzene rings is 2. The third-order valence-corrected chi connectivity index (χ3v) is 5.05. The van der Waals surface area contributed by atoms with Crippen molar-refractivity contribution in [2.75, 3.05) is 35.1 Å². The molecule has 0 spiro atoms. The van der Waals surface area contributed by atoms with Gasteiger partial charge in [-0.2, -0.15) is 4.98 Å². The van der Waals surface area contributed by atoms with Gasteiger partial charge in [0.25, 0.3) is 0 Å². The van der Waals surface area contributed by atoms with Crippen LogP contribution in [0.25, 0.3) is 0 Å². The van der Waals surface area contributed by atoms with Crippen LogP contribution in [0, 0.1) is 0 Å². The number of carbonyl (C=O) groups excluding carboxylic acids is 1. The topological polar surface area (TPSA) is 121 Å². The molecule has 3 aromatic rings. The van der Waals surface area contributed by atoms with Crippen LogP contribution in [-0.4, -0.2) is 41.6 Å². The Balaban J connectivity index is 1.57. The molecule has 2 heterocycles. The van der Waals surface area contributed by atoms with E-state index in [9.17, 15) is 9.90 Å². The minimum Gasteiger partial charge on any atom is -0.497 e. The number of nitrogens with one attached hydrogen (secondary N) is 3. The molecule has 10 heteroatoms. The summed E-state index contributed by atoms with van der Waals surface area (Å²) in [6.45, 7) is 3.83. The minimum atomic E-state index is -1.03. The second-order valence-corrected chi connectivity index (χ2v) is 7.15. The lowest BCUT2D eigenvalue weighted by molar-refractivity contribution is -0.111. The molecule has 4 N–H and O–H groups in total. The molecule has 1 unspecified atom stereocenters. The molecule has 0 aliphatic carbocycles. The van der Waals surface area contributed by atoms with E-state index in [1.165, 1.54) is 6.08 Å². The Hall–Kier alpha value is -4.31. The van der Waals surface area contributed by atoms with Gasteiger partial charge in [0.05, 0.1) is 32.1 Å². The summed E-state index contributed by atoms with van der Waals surface area (Å²) in [6.07, 6.45) is 1.84. The maximum absolute atomic E-state index is 11.7. The predicted octanol–water partition coefficient (Wildman–Crippen LogP) is 3.07. The molecule has 2 aromatic carbocycles. The Bertz CT molecular complexity index is 1160. The highest BCUT2D eigenvalue weighted by atomic mass is 16.5. The smallest absolute Gasteiger partial charge is 0.247 e. The van der Waals surface area contributed by atoms with Gasteiger partial charge in [-0.25, -0.2) is 4.98 Å². The average Bonchev–Trinajstić information content (AvgIpc) is 2.84. The second-order valence-electron chi connectivity index (χ2n) is 7.15. The fourth-order valence-electron chi connectivity index (χ4n) is 3.37. The third kappa shape index (κ3) is 4.80. The fourth-order valence-corrected chi connectivity index (χ4v) is 3.37. The van der Waals surface area contributed by atoms with E-state index in [-0.39, 0.29) is 5.91 Å². The van der Waals surface area contributed by atoms with Crippen molar-refractivity contribution in [1.29, 1.82) is 0 Å². The maximum atomic E-state index is 11.7. The maximum Gasteiger partial charge on any atom is 0.247 e. The first-order valence-electron chi connectivity index (χ1n) is 10.1. The van der Waals surface area contributed by atoms with Gasteiger partial charge in [-0.3, -0.25) is 4.79 Å². The van der Waals surface area contributed by atoms with Crippen molar-refractivity contribution in [3.8, 4) is 11.5 Å².